The van der Waals surface area contributed by atoms with Gasteiger partial charge in [0, 0.05) is 31.9 Å². The quantitative estimate of drug-likeness (QED) is 0.641. The molecule has 0 saturated heterocycles. The van der Waals surface area contributed by atoms with E-state index in [1.165, 1.54) is 6.07 Å². The summed E-state index contributed by atoms with van der Waals surface area (Å²) in [6, 6.07) is 3.56. The average Bonchev–Trinajstić information content (AvgIpc) is 2.80. The van der Waals surface area contributed by atoms with E-state index in [9.17, 15) is 8.78 Å². The van der Waals surface area contributed by atoms with Gasteiger partial charge in [-0.2, -0.15) is 0 Å². The molecule has 3 N–H and O–H groups in total. The molecular formula is C13H16F2N4. The molecule has 1 unspecified atom stereocenters. The number of hydrogen-bond donors (Lipinski definition) is 2. The lowest BCUT2D eigenvalue weighted by molar-refractivity contribution is 0.484. The first-order valence-electron chi connectivity index (χ1n) is 5.99. The number of benzene rings is 1. The number of rotatable bonds is 5. The van der Waals surface area contributed by atoms with Gasteiger partial charge in [-0.1, -0.05) is 6.07 Å². The van der Waals surface area contributed by atoms with E-state index < -0.39 is 11.6 Å². The summed E-state index contributed by atoms with van der Waals surface area (Å²) in [6.45, 7) is 0. The first-order chi connectivity index (χ1) is 9.11. The highest BCUT2D eigenvalue weighted by molar-refractivity contribution is 5.21. The summed E-state index contributed by atoms with van der Waals surface area (Å²) < 4.78 is 28.0. The van der Waals surface area contributed by atoms with Crippen molar-refractivity contribution in [3.8, 4) is 0 Å². The Balaban J connectivity index is 2.07. The summed E-state index contributed by atoms with van der Waals surface area (Å²) in [6.07, 6.45) is 4.92. The molecule has 102 valence electrons. The predicted molar refractivity (Wildman–Crippen MR) is 68.0 cm³/mol. The van der Waals surface area contributed by atoms with Crippen molar-refractivity contribution in [1.82, 2.24) is 15.0 Å². The number of imidazole rings is 1. The minimum atomic E-state index is -0.866. The Hall–Kier alpha value is -1.79. The normalized spacial score (nSPS) is 12.6. The molecule has 0 radical (unpaired) electrons. The van der Waals surface area contributed by atoms with E-state index in [1.807, 2.05) is 17.8 Å². The van der Waals surface area contributed by atoms with Crippen LogP contribution in [0.2, 0.25) is 0 Å². The van der Waals surface area contributed by atoms with Gasteiger partial charge in [0.05, 0.1) is 0 Å². The molecule has 2 aromatic rings. The highest BCUT2D eigenvalue weighted by Gasteiger charge is 2.13. The third-order valence-electron chi connectivity index (χ3n) is 3.12. The zero-order valence-corrected chi connectivity index (χ0v) is 10.6. The monoisotopic (exact) mass is 266 g/mol. The number of aryl methyl sites for hydroxylation is 2. The molecule has 0 amide bonds. The largest absolute Gasteiger partial charge is 0.338 e. The lowest BCUT2D eigenvalue weighted by Crippen LogP contribution is -2.28. The molecule has 0 aliphatic rings. The summed E-state index contributed by atoms with van der Waals surface area (Å²) in [5.41, 5.74) is 3.24. The van der Waals surface area contributed by atoms with Gasteiger partial charge in [-0.15, -0.1) is 0 Å². The second kappa shape index (κ2) is 5.90. The summed E-state index contributed by atoms with van der Waals surface area (Å²) in [4.78, 5) is 4.21. The highest BCUT2D eigenvalue weighted by atomic mass is 19.2. The van der Waals surface area contributed by atoms with Crippen LogP contribution < -0.4 is 11.3 Å². The molecule has 0 spiro atoms. The second-order valence-electron chi connectivity index (χ2n) is 4.39. The van der Waals surface area contributed by atoms with E-state index in [4.69, 9.17) is 5.84 Å². The zero-order chi connectivity index (χ0) is 13.8. The molecule has 4 nitrogen and oxygen atoms in total. The van der Waals surface area contributed by atoms with Crippen molar-refractivity contribution in [1.29, 1.82) is 0 Å². The molecular weight excluding hydrogens is 250 g/mol. The third kappa shape index (κ3) is 3.15. The van der Waals surface area contributed by atoms with E-state index in [1.54, 1.807) is 6.20 Å². The molecule has 0 bridgehead atoms. The molecule has 0 aliphatic carbocycles. The topological polar surface area (TPSA) is 55.9 Å². The number of aromatic nitrogens is 2. The highest BCUT2D eigenvalue weighted by Crippen LogP contribution is 2.20. The molecule has 0 saturated carbocycles. The Labute approximate surface area is 110 Å². The number of nitrogens with two attached hydrogens (primary N) is 1. The fourth-order valence-electron chi connectivity index (χ4n) is 1.99. The lowest BCUT2D eigenvalue weighted by Gasteiger charge is -2.16. The molecule has 1 atom stereocenters. The Bertz CT molecular complexity index is 553. The van der Waals surface area contributed by atoms with Crippen LogP contribution >= 0.6 is 0 Å². The van der Waals surface area contributed by atoms with Gasteiger partial charge in [0.2, 0.25) is 0 Å². The van der Waals surface area contributed by atoms with Crippen LogP contribution in [0.5, 0.6) is 0 Å². The van der Waals surface area contributed by atoms with Crippen molar-refractivity contribution >= 4 is 0 Å². The standard InChI is InChI=1S/C13H16F2N4/c1-19-7-6-17-13(19)5-4-12(18-16)9-2-3-10(14)11(15)8-9/h2-3,6-8,12,18H,4-5,16H2,1H3. The maximum Gasteiger partial charge on any atom is 0.159 e. The van der Waals surface area contributed by atoms with Crippen LogP contribution in [0.25, 0.3) is 0 Å². The summed E-state index contributed by atoms with van der Waals surface area (Å²) in [5.74, 6) is 4.67. The van der Waals surface area contributed by atoms with Crippen LogP contribution in [-0.4, -0.2) is 9.55 Å². The van der Waals surface area contributed by atoms with Crippen molar-refractivity contribution < 1.29 is 8.78 Å². The van der Waals surface area contributed by atoms with E-state index >= 15 is 0 Å². The van der Waals surface area contributed by atoms with Gasteiger partial charge in [-0.05, 0) is 24.1 Å². The minimum Gasteiger partial charge on any atom is -0.338 e. The predicted octanol–water partition coefficient (Wildman–Crippen LogP) is 1.84. The Morgan fingerprint density at radius 3 is 2.74 bits per heavy atom. The van der Waals surface area contributed by atoms with Gasteiger partial charge < -0.3 is 4.57 Å². The van der Waals surface area contributed by atoms with Gasteiger partial charge in [0.25, 0.3) is 0 Å². The third-order valence-corrected chi connectivity index (χ3v) is 3.12. The number of halogens is 2. The zero-order valence-electron chi connectivity index (χ0n) is 10.6. The van der Waals surface area contributed by atoms with Crippen molar-refractivity contribution in [2.75, 3.05) is 0 Å². The lowest BCUT2D eigenvalue weighted by atomic mass is 10.0. The van der Waals surface area contributed by atoms with Gasteiger partial charge in [-0.25, -0.2) is 13.8 Å². The molecule has 1 aromatic carbocycles. The number of hydrazine groups is 1. The van der Waals surface area contributed by atoms with E-state index in [-0.39, 0.29) is 6.04 Å². The molecule has 19 heavy (non-hydrogen) atoms. The molecule has 2 rings (SSSR count). The Morgan fingerprint density at radius 2 is 2.16 bits per heavy atom. The van der Waals surface area contributed by atoms with Crippen LogP contribution in [0.4, 0.5) is 8.78 Å². The minimum absolute atomic E-state index is 0.244. The maximum atomic E-state index is 13.2. The van der Waals surface area contributed by atoms with Crippen LogP contribution in [0.1, 0.15) is 23.9 Å². The van der Waals surface area contributed by atoms with Crippen molar-refractivity contribution in [2.45, 2.75) is 18.9 Å². The molecule has 1 aromatic heterocycles. The summed E-state index contributed by atoms with van der Waals surface area (Å²) in [5, 5.41) is 0. The maximum absolute atomic E-state index is 13.2. The smallest absolute Gasteiger partial charge is 0.159 e. The van der Waals surface area contributed by atoms with E-state index in [0.717, 1.165) is 18.0 Å². The fraction of sp³-hybridized carbons (Fsp3) is 0.308. The van der Waals surface area contributed by atoms with Crippen LogP contribution in [0.15, 0.2) is 30.6 Å². The molecule has 0 aliphatic heterocycles. The van der Waals surface area contributed by atoms with Crippen LogP contribution in [0, 0.1) is 11.6 Å². The molecule has 1 heterocycles. The first kappa shape index (κ1) is 13.6. The summed E-state index contributed by atoms with van der Waals surface area (Å²) >= 11 is 0. The van der Waals surface area contributed by atoms with Crippen LogP contribution in [0.3, 0.4) is 0 Å². The molecule has 0 fully saturated rings. The van der Waals surface area contributed by atoms with Gasteiger partial charge in [-0.3, -0.25) is 11.3 Å². The average molecular weight is 266 g/mol. The van der Waals surface area contributed by atoms with Crippen molar-refractivity contribution in [2.24, 2.45) is 12.9 Å². The number of nitrogens with zero attached hydrogens (tertiary/aromatic N) is 2. The second-order valence-corrected chi connectivity index (χ2v) is 4.39. The van der Waals surface area contributed by atoms with E-state index in [0.29, 0.717) is 18.4 Å². The fourth-order valence-corrected chi connectivity index (χ4v) is 1.99. The van der Waals surface area contributed by atoms with Gasteiger partial charge >= 0.3 is 0 Å². The van der Waals surface area contributed by atoms with Crippen molar-refractivity contribution in [3.63, 3.8) is 0 Å². The Morgan fingerprint density at radius 1 is 1.37 bits per heavy atom. The number of hydrogen-bond acceptors (Lipinski definition) is 3. The summed E-state index contributed by atoms with van der Waals surface area (Å²) in [7, 11) is 1.91. The molecule has 6 heteroatoms. The van der Waals surface area contributed by atoms with Gasteiger partial charge in [0.15, 0.2) is 11.6 Å². The van der Waals surface area contributed by atoms with E-state index in [2.05, 4.69) is 10.4 Å². The SMILES string of the molecule is Cn1ccnc1CCC(NN)c1ccc(F)c(F)c1. The van der Waals surface area contributed by atoms with Crippen LogP contribution in [-0.2, 0) is 13.5 Å². The van der Waals surface area contributed by atoms with Gasteiger partial charge in [0.1, 0.15) is 5.82 Å². The number of nitrogens with one attached hydrogen (secondary N) is 1. The Kier molecular flexibility index (Phi) is 4.24. The first-order valence-corrected chi connectivity index (χ1v) is 5.99. The van der Waals surface area contributed by atoms with Crippen molar-refractivity contribution in [3.05, 3.63) is 53.6 Å².